The molecule has 3 aliphatic rings. The van der Waals surface area contributed by atoms with Crippen LogP contribution in [-0.4, -0.2) is 48.3 Å². The van der Waals surface area contributed by atoms with Crippen LogP contribution in [0.2, 0.25) is 0 Å². The lowest BCUT2D eigenvalue weighted by Crippen LogP contribution is -2.46. The predicted octanol–water partition coefficient (Wildman–Crippen LogP) is 2.23. The number of carboxylic acid groups (broad SMARTS) is 1. The van der Waals surface area contributed by atoms with Gasteiger partial charge < -0.3 is 9.84 Å². The number of aliphatic carboxylic acids is 1. The lowest BCUT2D eigenvalue weighted by Gasteiger charge is -2.34. The number of fused-ring (bicyclic) bond motifs is 2. The molecule has 0 aromatic carbocycles. The molecule has 2 saturated carbocycles. The Balaban J connectivity index is 1.64. The van der Waals surface area contributed by atoms with Crippen molar-refractivity contribution in [1.29, 1.82) is 0 Å². The minimum Gasteiger partial charge on any atom is -0.481 e. The van der Waals surface area contributed by atoms with Gasteiger partial charge in [-0.25, -0.2) is 0 Å². The fourth-order valence-corrected chi connectivity index (χ4v) is 4.72. The monoisotopic (exact) mass is 281 g/mol. The maximum atomic E-state index is 11.4. The maximum absolute atomic E-state index is 11.4. The van der Waals surface area contributed by atoms with E-state index in [9.17, 15) is 9.90 Å². The van der Waals surface area contributed by atoms with Crippen molar-refractivity contribution < 1.29 is 14.6 Å². The van der Waals surface area contributed by atoms with Gasteiger partial charge in [0.2, 0.25) is 0 Å². The van der Waals surface area contributed by atoms with Crippen molar-refractivity contribution >= 4 is 5.97 Å². The number of rotatable bonds is 6. The highest BCUT2D eigenvalue weighted by atomic mass is 16.5. The van der Waals surface area contributed by atoms with Crippen LogP contribution in [0.4, 0.5) is 0 Å². The van der Waals surface area contributed by atoms with E-state index in [-0.39, 0.29) is 12.0 Å². The van der Waals surface area contributed by atoms with Crippen LogP contribution < -0.4 is 0 Å². The van der Waals surface area contributed by atoms with E-state index in [0.717, 1.165) is 37.3 Å². The molecule has 20 heavy (non-hydrogen) atoms. The molecule has 0 aromatic heterocycles. The van der Waals surface area contributed by atoms with Crippen LogP contribution in [0.5, 0.6) is 0 Å². The van der Waals surface area contributed by atoms with Gasteiger partial charge in [-0.3, -0.25) is 9.69 Å². The van der Waals surface area contributed by atoms with Gasteiger partial charge in [-0.05, 0) is 50.0 Å². The average Bonchev–Trinajstić information content (AvgIpc) is 3.14. The summed E-state index contributed by atoms with van der Waals surface area (Å²) in [5.41, 5.74) is 0. The van der Waals surface area contributed by atoms with Crippen molar-refractivity contribution in [2.45, 2.75) is 45.1 Å². The highest BCUT2D eigenvalue weighted by Gasteiger charge is 2.43. The molecule has 2 bridgehead atoms. The smallest absolute Gasteiger partial charge is 0.310 e. The highest BCUT2D eigenvalue weighted by molar-refractivity contribution is 5.71. The largest absolute Gasteiger partial charge is 0.481 e. The van der Waals surface area contributed by atoms with Crippen LogP contribution in [0, 0.1) is 23.7 Å². The van der Waals surface area contributed by atoms with Crippen molar-refractivity contribution in [1.82, 2.24) is 4.90 Å². The van der Waals surface area contributed by atoms with Crippen LogP contribution >= 0.6 is 0 Å². The molecule has 0 radical (unpaired) electrons. The summed E-state index contributed by atoms with van der Waals surface area (Å²) >= 11 is 0. The number of ether oxygens (including phenoxy) is 1. The maximum Gasteiger partial charge on any atom is 0.310 e. The molecule has 0 spiro atoms. The number of carboxylic acids is 1. The molecule has 1 N–H and O–H groups in total. The fraction of sp³-hybridized carbons (Fsp3) is 0.938. The Kier molecular flexibility index (Phi) is 4.32. The molecule has 3 rings (SSSR count). The summed E-state index contributed by atoms with van der Waals surface area (Å²) in [4.78, 5) is 13.8. The lowest BCUT2D eigenvalue weighted by atomic mass is 9.87. The second-order valence-electron chi connectivity index (χ2n) is 6.98. The minimum atomic E-state index is -0.693. The molecule has 1 saturated heterocycles. The molecule has 0 amide bonds. The Bertz CT molecular complexity index is 360. The first-order chi connectivity index (χ1) is 9.69. The number of hydrogen-bond acceptors (Lipinski definition) is 3. The quantitative estimate of drug-likeness (QED) is 0.811. The second kappa shape index (κ2) is 6.02. The van der Waals surface area contributed by atoms with Crippen LogP contribution in [0.25, 0.3) is 0 Å². The molecule has 0 aromatic rings. The van der Waals surface area contributed by atoms with Crippen LogP contribution in [0.1, 0.15) is 39.0 Å². The van der Waals surface area contributed by atoms with E-state index < -0.39 is 5.97 Å². The van der Waals surface area contributed by atoms with Crippen molar-refractivity contribution in [2.75, 3.05) is 26.3 Å². The predicted molar refractivity (Wildman–Crippen MR) is 76.5 cm³/mol. The molecular weight excluding hydrogens is 254 g/mol. The summed E-state index contributed by atoms with van der Waals surface area (Å²) < 4.78 is 5.46. The molecule has 5 unspecified atom stereocenters. The molecule has 4 heteroatoms. The fourth-order valence-electron chi connectivity index (χ4n) is 4.72. The molecule has 2 aliphatic carbocycles. The third-order valence-corrected chi connectivity index (χ3v) is 5.70. The Morgan fingerprint density at radius 2 is 2.15 bits per heavy atom. The van der Waals surface area contributed by atoms with Gasteiger partial charge in [-0.2, -0.15) is 0 Å². The standard InChI is InChI=1S/C16H27NO3/c1-2-5-17(15-10-20-9-14(15)16(18)19)8-13-7-11-3-4-12(13)6-11/h11-15H,2-10H2,1H3,(H,18,19). The highest BCUT2D eigenvalue weighted by Crippen LogP contribution is 2.48. The normalized spacial score (nSPS) is 39.8. The van der Waals surface area contributed by atoms with Crippen molar-refractivity contribution in [2.24, 2.45) is 23.7 Å². The van der Waals surface area contributed by atoms with E-state index in [4.69, 9.17) is 4.74 Å². The third kappa shape index (κ3) is 2.73. The zero-order valence-electron chi connectivity index (χ0n) is 12.5. The minimum absolute atomic E-state index is 0.0894. The van der Waals surface area contributed by atoms with Gasteiger partial charge in [-0.15, -0.1) is 0 Å². The topological polar surface area (TPSA) is 49.8 Å². The summed E-state index contributed by atoms with van der Waals surface area (Å²) in [5.74, 6) is 1.64. The molecule has 5 atom stereocenters. The van der Waals surface area contributed by atoms with Crippen LogP contribution in [-0.2, 0) is 9.53 Å². The summed E-state index contributed by atoms with van der Waals surface area (Å²) in [5, 5.41) is 9.36. The molecule has 1 heterocycles. The third-order valence-electron chi connectivity index (χ3n) is 5.70. The molecule has 114 valence electrons. The summed E-state index contributed by atoms with van der Waals surface area (Å²) in [6.07, 6.45) is 6.71. The second-order valence-corrected chi connectivity index (χ2v) is 6.98. The van der Waals surface area contributed by atoms with Gasteiger partial charge >= 0.3 is 5.97 Å². The number of nitrogens with zero attached hydrogens (tertiary/aromatic N) is 1. The molecule has 3 fully saturated rings. The Morgan fingerprint density at radius 1 is 1.30 bits per heavy atom. The van der Waals surface area contributed by atoms with Crippen LogP contribution in [0.15, 0.2) is 0 Å². The van der Waals surface area contributed by atoms with E-state index in [0.29, 0.717) is 13.2 Å². The van der Waals surface area contributed by atoms with E-state index >= 15 is 0 Å². The van der Waals surface area contributed by atoms with E-state index in [1.54, 1.807) is 0 Å². The summed E-state index contributed by atoms with van der Waals surface area (Å²) in [6.45, 7) is 5.26. The Labute approximate surface area is 121 Å². The number of carbonyl (C=O) groups is 1. The first-order valence-corrected chi connectivity index (χ1v) is 8.23. The van der Waals surface area contributed by atoms with Gasteiger partial charge in [-0.1, -0.05) is 13.3 Å². The SMILES string of the molecule is CCCN(CC1CC2CCC1C2)C1COCC1C(=O)O. The van der Waals surface area contributed by atoms with Gasteiger partial charge in [0.25, 0.3) is 0 Å². The van der Waals surface area contributed by atoms with Crippen molar-refractivity contribution in [3.63, 3.8) is 0 Å². The first-order valence-electron chi connectivity index (χ1n) is 8.23. The molecule has 1 aliphatic heterocycles. The van der Waals surface area contributed by atoms with Crippen LogP contribution in [0.3, 0.4) is 0 Å². The average molecular weight is 281 g/mol. The molecular formula is C16H27NO3. The Hall–Kier alpha value is -0.610. The summed E-state index contributed by atoms with van der Waals surface area (Å²) in [6, 6.07) is 0.0894. The van der Waals surface area contributed by atoms with Crippen molar-refractivity contribution in [3.8, 4) is 0 Å². The van der Waals surface area contributed by atoms with Gasteiger partial charge in [0.15, 0.2) is 0 Å². The number of hydrogen-bond donors (Lipinski definition) is 1. The zero-order chi connectivity index (χ0) is 14.1. The Morgan fingerprint density at radius 3 is 2.75 bits per heavy atom. The lowest BCUT2D eigenvalue weighted by molar-refractivity contribution is -0.143. The van der Waals surface area contributed by atoms with E-state index in [1.165, 1.54) is 25.7 Å². The van der Waals surface area contributed by atoms with Crippen molar-refractivity contribution in [3.05, 3.63) is 0 Å². The van der Waals surface area contributed by atoms with Gasteiger partial charge in [0.05, 0.1) is 19.1 Å². The molecule has 4 nitrogen and oxygen atoms in total. The van der Waals surface area contributed by atoms with E-state index in [1.807, 2.05) is 0 Å². The summed E-state index contributed by atoms with van der Waals surface area (Å²) in [7, 11) is 0. The van der Waals surface area contributed by atoms with Gasteiger partial charge in [0, 0.05) is 12.6 Å². The zero-order valence-corrected chi connectivity index (χ0v) is 12.5. The first kappa shape index (κ1) is 14.3. The van der Waals surface area contributed by atoms with E-state index in [2.05, 4.69) is 11.8 Å². The van der Waals surface area contributed by atoms with Gasteiger partial charge in [0.1, 0.15) is 0 Å².